The Bertz CT molecular complexity index is 593. The largest absolute Gasteiger partial charge is 0.0835 e. The summed E-state index contributed by atoms with van der Waals surface area (Å²) in [7, 11) is 0. The van der Waals surface area contributed by atoms with Crippen molar-refractivity contribution in [2.75, 3.05) is 0 Å². The highest BCUT2D eigenvalue weighted by molar-refractivity contribution is 9.09. The first-order valence-corrected chi connectivity index (χ1v) is 7.80. The molecule has 19 heavy (non-hydrogen) atoms. The maximum Gasteiger partial charge on any atom is 0.0635 e. The van der Waals surface area contributed by atoms with Crippen molar-refractivity contribution < 1.29 is 0 Å². The van der Waals surface area contributed by atoms with E-state index < -0.39 is 0 Å². The van der Waals surface area contributed by atoms with Gasteiger partial charge in [-0.15, -0.1) is 0 Å². The molecule has 0 aliphatic heterocycles. The van der Waals surface area contributed by atoms with Gasteiger partial charge in [0.15, 0.2) is 0 Å². The molecule has 0 N–H and O–H groups in total. The van der Waals surface area contributed by atoms with Gasteiger partial charge in [0.1, 0.15) is 0 Å². The van der Waals surface area contributed by atoms with Crippen molar-refractivity contribution in [2.45, 2.75) is 25.1 Å². The Hall–Kier alpha value is -0.500. The van der Waals surface area contributed by atoms with E-state index in [0.717, 1.165) is 12.0 Å². The normalized spacial score (nSPS) is 12.5. The van der Waals surface area contributed by atoms with Crippen LogP contribution in [0.5, 0.6) is 0 Å². The van der Waals surface area contributed by atoms with Crippen molar-refractivity contribution in [1.82, 2.24) is 0 Å². The van der Waals surface area contributed by atoms with Crippen LogP contribution >= 0.6 is 39.1 Å². The molecule has 2 aromatic rings. The van der Waals surface area contributed by atoms with Gasteiger partial charge in [-0.3, -0.25) is 0 Å². The van der Waals surface area contributed by atoms with Gasteiger partial charge in [0.2, 0.25) is 0 Å². The maximum atomic E-state index is 6.26. The number of halogens is 3. The number of aryl methyl sites for hydroxylation is 2. The molecule has 100 valence electrons. The average molecular weight is 358 g/mol. The molecule has 1 atom stereocenters. The molecule has 0 aliphatic carbocycles. The molecule has 0 fully saturated rings. The van der Waals surface area contributed by atoms with Gasteiger partial charge in [-0.25, -0.2) is 0 Å². The molecular weight excluding hydrogens is 343 g/mol. The highest BCUT2D eigenvalue weighted by Crippen LogP contribution is 2.36. The average Bonchev–Trinajstić information content (AvgIpc) is 2.37. The van der Waals surface area contributed by atoms with Crippen LogP contribution in [0, 0.1) is 13.8 Å². The van der Waals surface area contributed by atoms with Gasteiger partial charge in [-0.2, -0.15) is 0 Å². The van der Waals surface area contributed by atoms with Gasteiger partial charge in [-0.05, 0) is 43.0 Å². The van der Waals surface area contributed by atoms with Gasteiger partial charge in [0, 0.05) is 4.83 Å². The lowest BCUT2D eigenvalue weighted by atomic mass is 9.98. The zero-order valence-electron chi connectivity index (χ0n) is 10.9. The van der Waals surface area contributed by atoms with E-state index in [9.17, 15) is 0 Å². The lowest BCUT2D eigenvalue weighted by molar-refractivity contribution is 0.936. The summed E-state index contributed by atoms with van der Waals surface area (Å²) in [6.45, 7) is 4.24. The Morgan fingerprint density at radius 1 is 1.11 bits per heavy atom. The second-order valence-corrected chi connectivity index (χ2v) is 6.64. The molecule has 0 saturated heterocycles. The van der Waals surface area contributed by atoms with Gasteiger partial charge in [0.05, 0.1) is 10.0 Å². The van der Waals surface area contributed by atoms with Crippen molar-refractivity contribution in [2.24, 2.45) is 0 Å². The first kappa shape index (κ1) is 14.9. The molecule has 0 aromatic heterocycles. The van der Waals surface area contributed by atoms with E-state index in [1.807, 2.05) is 18.2 Å². The van der Waals surface area contributed by atoms with Crippen LogP contribution in [-0.4, -0.2) is 0 Å². The van der Waals surface area contributed by atoms with Crippen LogP contribution in [0.1, 0.15) is 27.1 Å². The highest BCUT2D eigenvalue weighted by atomic mass is 79.9. The monoisotopic (exact) mass is 356 g/mol. The summed E-state index contributed by atoms with van der Waals surface area (Å²) >= 11 is 16.1. The number of rotatable bonds is 3. The fourth-order valence-electron chi connectivity index (χ4n) is 2.09. The summed E-state index contributed by atoms with van der Waals surface area (Å²) in [5, 5.41) is 1.24. The Balaban J connectivity index is 2.28. The molecule has 2 aromatic carbocycles. The molecule has 0 nitrogen and oxygen atoms in total. The van der Waals surface area contributed by atoms with E-state index in [1.54, 1.807) is 0 Å². The summed E-state index contributed by atoms with van der Waals surface area (Å²) in [5.74, 6) is 0. The van der Waals surface area contributed by atoms with Crippen LogP contribution in [0.2, 0.25) is 10.0 Å². The summed E-state index contributed by atoms with van der Waals surface area (Å²) in [6.07, 6.45) is 0.896. The van der Waals surface area contributed by atoms with Crippen molar-refractivity contribution in [3.63, 3.8) is 0 Å². The van der Waals surface area contributed by atoms with Gasteiger partial charge < -0.3 is 0 Å². The smallest absolute Gasteiger partial charge is 0.0635 e. The molecule has 0 bridgehead atoms. The summed E-state index contributed by atoms with van der Waals surface area (Å²) in [6, 6.07) is 12.3. The predicted molar refractivity (Wildman–Crippen MR) is 87.8 cm³/mol. The summed E-state index contributed by atoms with van der Waals surface area (Å²) in [5.41, 5.74) is 4.94. The number of hydrogen-bond donors (Lipinski definition) is 0. The summed E-state index contributed by atoms with van der Waals surface area (Å²) in [4.78, 5) is 0.166. The van der Waals surface area contributed by atoms with Gasteiger partial charge in [-0.1, -0.05) is 75.0 Å². The van der Waals surface area contributed by atoms with Crippen LogP contribution in [0.3, 0.4) is 0 Å². The lowest BCUT2D eigenvalue weighted by Crippen LogP contribution is -1.99. The summed E-state index contributed by atoms with van der Waals surface area (Å²) < 4.78 is 0. The van der Waals surface area contributed by atoms with Crippen molar-refractivity contribution in [3.05, 3.63) is 68.7 Å². The third-order valence-corrected chi connectivity index (χ3v) is 4.87. The fourth-order valence-corrected chi connectivity index (χ4v) is 3.39. The van der Waals surface area contributed by atoms with Crippen LogP contribution in [-0.2, 0) is 6.42 Å². The Morgan fingerprint density at radius 2 is 1.84 bits per heavy atom. The minimum absolute atomic E-state index is 0.166. The zero-order chi connectivity index (χ0) is 14.0. The third kappa shape index (κ3) is 3.53. The first-order chi connectivity index (χ1) is 8.99. The van der Waals surface area contributed by atoms with E-state index in [0.29, 0.717) is 10.0 Å². The Kier molecular flexibility index (Phi) is 4.94. The van der Waals surface area contributed by atoms with Crippen molar-refractivity contribution in [1.29, 1.82) is 0 Å². The van der Waals surface area contributed by atoms with E-state index in [4.69, 9.17) is 23.2 Å². The van der Waals surface area contributed by atoms with Gasteiger partial charge in [0.25, 0.3) is 0 Å². The maximum absolute atomic E-state index is 6.26. The van der Waals surface area contributed by atoms with E-state index in [2.05, 4.69) is 48.0 Å². The fraction of sp³-hybridized carbons (Fsp3) is 0.250. The molecule has 0 amide bonds. The molecule has 0 heterocycles. The van der Waals surface area contributed by atoms with Crippen LogP contribution < -0.4 is 0 Å². The molecule has 3 heteroatoms. The standard InChI is InChI=1S/C16H15BrCl2/c1-10-6-7-11(2)12(8-10)9-14(17)13-4-3-5-15(18)16(13)19/h3-8,14H,9H2,1-2H3. The molecule has 0 spiro atoms. The number of alkyl halides is 1. The van der Waals surface area contributed by atoms with Crippen molar-refractivity contribution in [3.8, 4) is 0 Å². The van der Waals surface area contributed by atoms with Crippen LogP contribution in [0.25, 0.3) is 0 Å². The molecule has 0 saturated carbocycles. The zero-order valence-corrected chi connectivity index (χ0v) is 14.0. The minimum atomic E-state index is 0.166. The number of benzene rings is 2. The third-order valence-electron chi connectivity index (χ3n) is 3.22. The SMILES string of the molecule is Cc1ccc(C)c(CC(Br)c2cccc(Cl)c2Cl)c1. The first-order valence-electron chi connectivity index (χ1n) is 6.13. The van der Waals surface area contributed by atoms with Crippen LogP contribution in [0.15, 0.2) is 36.4 Å². The number of hydrogen-bond acceptors (Lipinski definition) is 0. The van der Waals surface area contributed by atoms with E-state index >= 15 is 0 Å². The highest BCUT2D eigenvalue weighted by Gasteiger charge is 2.15. The van der Waals surface area contributed by atoms with E-state index in [-0.39, 0.29) is 4.83 Å². The lowest BCUT2D eigenvalue weighted by Gasteiger charge is -2.15. The Labute approximate surface area is 132 Å². The van der Waals surface area contributed by atoms with Gasteiger partial charge >= 0.3 is 0 Å². The predicted octanol–water partition coefficient (Wildman–Crippen LogP) is 6.29. The minimum Gasteiger partial charge on any atom is -0.0835 e. The van der Waals surface area contributed by atoms with Crippen molar-refractivity contribution >= 4 is 39.1 Å². The molecule has 0 radical (unpaired) electrons. The molecular formula is C16H15BrCl2. The second kappa shape index (κ2) is 6.30. The topological polar surface area (TPSA) is 0 Å². The quantitative estimate of drug-likeness (QED) is 0.566. The Morgan fingerprint density at radius 3 is 2.58 bits per heavy atom. The second-order valence-electron chi connectivity index (χ2n) is 4.74. The van der Waals surface area contributed by atoms with Crippen LogP contribution in [0.4, 0.5) is 0 Å². The molecule has 0 aliphatic rings. The molecule has 1 unspecified atom stereocenters. The van der Waals surface area contributed by atoms with E-state index in [1.165, 1.54) is 16.7 Å². The molecule has 2 rings (SSSR count).